The van der Waals surface area contributed by atoms with Crippen LogP contribution >= 0.6 is 0 Å². The monoisotopic (exact) mass is 176 g/mol. The fourth-order valence-corrected chi connectivity index (χ4v) is 0.929. The summed E-state index contributed by atoms with van der Waals surface area (Å²) in [7, 11) is 0. The Morgan fingerprint density at radius 2 is 2.31 bits per heavy atom. The van der Waals surface area contributed by atoms with Gasteiger partial charge in [0.2, 0.25) is 0 Å². The largest absolute Gasteiger partial charge is 0.494 e. The first-order valence-corrected chi connectivity index (χ1v) is 4.20. The molecule has 0 saturated carbocycles. The summed E-state index contributed by atoms with van der Waals surface area (Å²) >= 11 is 0. The van der Waals surface area contributed by atoms with Gasteiger partial charge in [0.25, 0.3) is 0 Å². The summed E-state index contributed by atoms with van der Waals surface area (Å²) in [5.74, 6) is 0.729. The number of hydrogen-bond acceptors (Lipinski definition) is 3. The minimum atomic E-state index is 0.603. The van der Waals surface area contributed by atoms with Crippen molar-refractivity contribution in [3.05, 3.63) is 29.8 Å². The molecule has 1 rings (SSSR count). The van der Waals surface area contributed by atoms with E-state index < -0.39 is 0 Å². The highest BCUT2D eigenvalue weighted by Gasteiger charge is 1.94. The van der Waals surface area contributed by atoms with E-state index in [-0.39, 0.29) is 0 Å². The van der Waals surface area contributed by atoms with Crippen LogP contribution in [0.25, 0.3) is 0 Å². The molecule has 0 aliphatic rings. The fourth-order valence-electron chi connectivity index (χ4n) is 0.929. The van der Waals surface area contributed by atoms with E-state index in [0.717, 1.165) is 12.2 Å². The summed E-state index contributed by atoms with van der Waals surface area (Å²) in [6, 6.07) is 9.15. The highest BCUT2D eigenvalue weighted by Crippen LogP contribution is 2.12. The molecule has 3 heteroatoms. The van der Waals surface area contributed by atoms with E-state index >= 15 is 0 Å². The standard InChI is InChI=1S/C10H12N2O/c11-5-2-6-13-10-4-1-3-9(7-10)8-12/h1,3-4,7H,2,5-6,11H2. The van der Waals surface area contributed by atoms with E-state index in [1.807, 2.05) is 6.07 Å². The molecular formula is C10H12N2O. The second kappa shape index (κ2) is 5.18. The third kappa shape index (κ3) is 3.14. The SMILES string of the molecule is N#Cc1cccc(OCCCN)c1. The van der Waals surface area contributed by atoms with Crippen molar-refractivity contribution in [1.82, 2.24) is 0 Å². The lowest BCUT2D eigenvalue weighted by molar-refractivity contribution is 0.313. The molecule has 3 nitrogen and oxygen atoms in total. The number of benzene rings is 1. The molecule has 0 fully saturated rings. The summed E-state index contributed by atoms with van der Waals surface area (Å²) in [6.07, 6.45) is 0.830. The topological polar surface area (TPSA) is 59.0 Å². The predicted octanol–water partition coefficient (Wildman–Crippen LogP) is 1.29. The Balaban J connectivity index is 2.52. The van der Waals surface area contributed by atoms with Crippen molar-refractivity contribution in [1.29, 1.82) is 5.26 Å². The number of nitrogens with zero attached hydrogens (tertiary/aromatic N) is 1. The van der Waals surface area contributed by atoms with Crippen molar-refractivity contribution in [2.45, 2.75) is 6.42 Å². The van der Waals surface area contributed by atoms with Gasteiger partial charge in [-0.15, -0.1) is 0 Å². The third-order valence-corrected chi connectivity index (χ3v) is 1.58. The Kier molecular flexibility index (Phi) is 3.80. The first-order chi connectivity index (χ1) is 6.36. The van der Waals surface area contributed by atoms with E-state index in [0.29, 0.717) is 18.7 Å². The maximum atomic E-state index is 8.61. The summed E-state index contributed by atoms with van der Waals surface area (Å²) in [4.78, 5) is 0. The molecule has 68 valence electrons. The molecule has 0 aliphatic heterocycles. The van der Waals surface area contributed by atoms with Gasteiger partial charge in [-0.05, 0) is 31.2 Å². The fraction of sp³-hybridized carbons (Fsp3) is 0.300. The molecule has 0 heterocycles. The molecule has 1 aromatic carbocycles. The summed E-state index contributed by atoms with van der Waals surface area (Å²) in [5.41, 5.74) is 5.93. The number of ether oxygens (including phenoxy) is 1. The average molecular weight is 176 g/mol. The van der Waals surface area contributed by atoms with Gasteiger partial charge in [0, 0.05) is 0 Å². The van der Waals surface area contributed by atoms with Crippen molar-refractivity contribution in [3.63, 3.8) is 0 Å². The molecular weight excluding hydrogens is 164 g/mol. The second-order valence-corrected chi connectivity index (χ2v) is 2.63. The van der Waals surface area contributed by atoms with E-state index in [2.05, 4.69) is 6.07 Å². The number of nitriles is 1. The van der Waals surface area contributed by atoms with Gasteiger partial charge in [-0.2, -0.15) is 5.26 Å². The van der Waals surface area contributed by atoms with Gasteiger partial charge in [-0.25, -0.2) is 0 Å². The molecule has 13 heavy (non-hydrogen) atoms. The molecule has 0 spiro atoms. The quantitative estimate of drug-likeness (QED) is 0.703. The van der Waals surface area contributed by atoms with Gasteiger partial charge in [-0.3, -0.25) is 0 Å². The van der Waals surface area contributed by atoms with Crippen LogP contribution in [-0.2, 0) is 0 Å². The Hall–Kier alpha value is -1.53. The van der Waals surface area contributed by atoms with E-state index in [9.17, 15) is 0 Å². The molecule has 0 atom stereocenters. The van der Waals surface area contributed by atoms with Crippen LogP contribution in [0.3, 0.4) is 0 Å². The highest BCUT2D eigenvalue weighted by molar-refractivity contribution is 5.36. The van der Waals surface area contributed by atoms with Crippen molar-refractivity contribution in [2.75, 3.05) is 13.2 Å². The van der Waals surface area contributed by atoms with Gasteiger partial charge in [0.1, 0.15) is 5.75 Å². The molecule has 0 aromatic heterocycles. The Bertz CT molecular complexity index is 304. The Labute approximate surface area is 77.7 Å². The lowest BCUT2D eigenvalue weighted by Gasteiger charge is -2.04. The zero-order valence-corrected chi connectivity index (χ0v) is 7.36. The van der Waals surface area contributed by atoms with E-state index in [1.54, 1.807) is 18.2 Å². The van der Waals surface area contributed by atoms with Crippen molar-refractivity contribution >= 4 is 0 Å². The predicted molar refractivity (Wildman–Crippen MR) is 50.3 cm³/mol. The normalized spacial score (nSPS) is 9.23. The maximum absolute atomic E-state index is 8.61. The molecule has 0 bridgehead atoms. The minimum absolute atomic E-state index is 0.603. The third-order valence-electron chi connectivity index (χ3n) is 1.58. The van der Waals surface area contributed by atoms with E-state index in [4.69, 9.17) is 15.7 Å². The van der Waals surface area contributed by atoms with Gasteiger partial charge in [0.05, 0.1) is 18.2 Å². The summed E-state index contributed by atoms with van der Waals surface area (Å²) in [5, 5.41) is 8.61. The molecule has 1 aromatic rings. The van der Waals surface area contributed by atoms with Crippen molar-refractivity contribution in [2.24, 2.45) is 5.73 Å². The summed E-state index contributed by atoms with van der Waals surface area (Å²) in [6.45, 7) is 1.23. The average Bonchev–Trinajstić information content (AvgIpc) is 2.19. The molecule has 0 unspecified atom stereocenters. The van der Waals surface area contributed by atoms with Crippen LogP contribution in [0.4, 0.5) is 0 Å². The minimum Gasteiger partial charge on any atom is -0.494 e. The van der Waals surface area contributed by atoms with Crippen LogP contribution in [-0.4, -0.2) is 13.2 Å². The van der Waals surface area contributed by atoms with E-state index in [1.165, 1.54) is 0 Å². The number of hydrogen-bond donors (Lipinski definition) is 1. The lowest BCUT2D eigenvalue weighted by atomic mass is 10.2. The summed E-state index contributed by atoms with van der Waals surface area (Å²) < 4.78 is 5.36. The zero-order valence-electron chi connectivity index (χ0n) is 7.36. The van der Waals surface area contributed by atoms with Crippen LogP contribution in [0.5, 0.6) is 5.75 Å². The molecule has 0 radical (unpaired) electrons. The smallest absolute Gasteiger partial charge is 0.120 e. The zero-order chi connectivity index (χ0) is 9.52. The van der Waals surface area contributed by atoms with Gasteiger partial charge in [0.15, 0.2) is 0 Å². The number of rotatable bonds is 4. The van der Waals surface area contributed by atoms with Crippen molar-refractivity contribution in [3.8, 4) is 11.8 Å². The van der Waals surface area contributed by atoms with Gasteiger partial charge >= 0.3 is 0 Å². The first-order valence-electron chi connectivity index (χ1n) is 4.20. The molecule has 2 N–H and O–H groups in total. The Morgan fingerprint density at radius 3 is 3.00 bits per heavy atom. The van der Waals surface area contributed by atoms with Crippen LogP contribution in [0.15, 0.2) is 24.3 Å². The first kappa shape index (κ1) is 9.56. The van der Waals surface area contributed by atoms with Crippen molar-refractivity contribution < 1.29 is 4.74 Å². The van der Waals surface area contributed by atoms with Crippen LogP contribution in [0.1, 0.15) is 12.0 Å². The molecule has 0 saturated heterocycles. The lowest BCUT2D eigenvalue weighted by Crippen LogP contribution is -2.06. The maximum Gasteiger partial charge on any atom is 0.120 e. The van der Waals surface area contributed by atoms with Gasteiger partial charge < -0.3 is 10.5 Å². The van der Waals surface area contributed by atoms with Crippen LogP contribution in [0, 0.1) is 11.3 Å². The second-order valence-electron chi connectivity index (χ2n) is 2.63. The van der Waals surface area contributed by atoms with Crippen LogP contribution < -0.4 is 10.5 Å². The van der Waals surface area contributed by atoms with Gasteiger partial charge in [-0.1, -0.05) is 6.07 Å². The molecule has 0 amide bonds. The Morgan fingerprint density at radius 1 is 1.46 bits per heavy atom. The molecule has 0 aliphatic carbocycles. The van der Waals surface area contributed by atoms with Crippen LogP contribution in [0.2, 0.25) is 0 Å². The highest BCUT2D eigenvalue weighted by atomic mass is 16.5. The number of nitrogens with two attached hydrogens (primary N) is 1.